The summed E-state index contributed by atoms with van der Waals surface area (Å²) in [6.07, 6.45) is 18.7. The zero-order valence-electron chi connectivity index (χ0n) is 27.4. The molecule has 2 unspecified atom stereocenters. The first-order valence-corrected chi connectivity index (χ1v) is 35.9. The van der Waals surface area contributed by atoms with Gasteiger partial charge in [0.25, 0.3) is 0 Å². The van der Waals surface area contributed by atoms with Crippen molar-refractivity contribution in [3.05, 3.63) is 131 Å². The van der Waals surface area contributed by atoms with Crippen LogP contribution in [0, 0.1) is 0 Å². The van der Waals surface area contributed by atoms with Crippen LogP contribution in [-0.4, -0.2) is 5.49 Å². The third-order valence-corrected chi connectivity index (χ3v) is 67.3. The number of hydrogen-bond donors (Lipinski definition) is 0. The summed E-state index contributed by atoms with van der Waals surface area (Å²) < 4.78 is 7.07. The van der Waals surface area contributed by atoms with Gasteiger partial charge in [-0.1, -0.05) is 0 Å². The molecule has 0 nitrogen and oxygen atoms in total. The predicted octanol–water partition coefficient (Wildman–Crippen LogP) is 13.0. The van der Waals surface area contributed by atoms with E-state index in [1.807, 2.05) is 0 Å². The van der Waals surface area contributed by atoms with Crippen molar-refractivity contribution in [2.24, 2.45) is 0 Å². The molecular weight excluding hydrogens is 711 g/mol. The van der Waals surface area contributed by atoms with E-state index in [0.717, 1.165) is 0 Å². The summed E-state index contributed by atoms with van der Waals surface area (Å²) in [5.41, 5.74) is 11.1. The van der Waals surface area contributed by atoms with Gasteiger partial charge < -0.3 is 0 Å². The van der Waals surface area contributed by atoms with Crippen LogP contribution in [0.25, 0.3) is 34.4 Å². The predicted molar refractivity (Wildman–Crippen MR) is 193 cm³/mol. The summed E-state index contributed by atoms with van der Waals surface area (Å²) in [6, 6.07) is 39.5. The first-order valence-electron chi connectivity index (χ1n) is 17.2. The number of allylic oxidation sites excluding steroid dienone is 2. The summed E-state index contributed by atoms with van der Waals surface area (Å²) in [4.78, 5) is 0. The second-order valence-corrected chi connectivity index (χ2v) is 60.1. The topological polar surface area (TPSA) is 0 Å². The molecule has 226 valence electrons. The quantitative estimate of drug-likeness (QED) is 0.0996. The van der Waals surface area contributed by atoms with Crippen molar-refractivity contribution >= 4 is 17.6 Å². The van der Waals surface area contributed by atoms with Gasteiger partial charge in [0.05, 0.1) is 0 Å². The molecule has 0 heterocycles. The average Bonchev–Trinajstić information content (AvgIpc) is 3.71. The first kappa shape index (κ1) is 31.4. The Labute approximate surface area is 268 Å². The van der Waals surface area contributed by atoms with Crippen molar-refractivity contribution < 1.29 is 17.1 Å². The van der Waals surface area contributed by atoms with Gasteiger partial charge in [0.15, 0.2) is 0 Å². The second kappa shape index (κ2) is 13.4. The fourth-order valence-electron chi connectivity index (χ4n) is 8.68. The standard InChI is InChI=1S/2C15H11.C10H22Si.2CH3.Hf/c2*1-2-6-12(7-3-1)14-10-4-8-13-9-5-11-15(13)14;1-3-5-7-9-11-10-8-6-4-2;;;/h2*1-11H;3-10H2,1-2H3;2*1H3;. The Morgan fingerprint density at radius 2 is 0.955 bits per heavy atom. The van der Waals surface area contributed by atoms with Gasteiger partial charge >= 0.3 is 270 Å². The third-order valence-electron chi connectivity index (χ3n) is 11.2. The maximum atomic E-state index is 2.95. The minimum absolute atomic E-state index is 0.587. The van der Waals surface area contributed by atoms with Crippen molar-refractivity contribution in [2.75, 3.05) is 0 Å². The van der Waals surface area contributed by atoms with Gasteiger partial charge in [0, 0.05) is 0 Å². The minimum atomic E-state index is -3.90. The van der Waals surface area contributed by atoms with Gasteiger partial charge in [-0.05, 0) is 0 Å². The van der Waals surface area contributed by atoms with Crippen LogP contribution in [0.3, 0.4) is 0 Å². The maximum absolute atomic E-state index is 3.90. The summed E-state index contributed by atoms with van der Waals surface area (Å²) in [6.45, 7) is 4.74. The number of hydrogen-bond acceptors (Lipinski definition) is 0. The molecule has 2 aliphatic rings. The molecule has 0 fully saturated rings. The molecule has 0 amide bonds. The Morgan fingerprint density at radius 3 is 1.36 bits per heavy atom. The van der Waals surface area contributed by atoms with E-state index in [0.29, 0.717) is 7.35 Å². The van der Waals surface area contributed by atoms with Crippen LogP contribution in [0.1, 0.15) is 82.0 Å². The van der Waals surface area contributed by atoms with E-state index in [-0.39, 0.29) is 0 Å². The number of rotatable bonds is 12. The van der Waals surface area contributed by atoms with Crippen LogP contribution in [0.2, 0.25) is 21.4 Å². The molecule has 2 atom stereocenters. The molecule has 4 aromatic carbocycles. The fourth-order valence-corrected chi connectivity index (χ4v) is 62.2. The Kier molecular flexibility index (Phi) is 9.60. The summed E-state index contributed by atoms with van der Waals surface area (Å²) >= 11 is -3.90. The second-order valence-electron chi connectivity index (χ2n) is 14.2. The van der Waals surface area contributed by atoms with Crippen molar-refractivity contribution in [1.29, 1.82) is 0 Å². The van der Waals surface area contributed by atoms with Crippen LogP contribution in [-0.2, 0) is 17.1 Å². The number of unbranched alkanes of at least 4 members (excludes halogenated alkanes) is 4. The number of fused-ring (bicyclic) bond motifs is 2. The molecule has 4 aromatic rings. The Morgan fingerprint density at radius 1 is 0.523 bits per heavy atom. The molecule has 0 saturated carbocycles. The van der Waals surface area contributed by atoms with Crippen LogP contribution in [0.15, 0.2) is 109 Å². The molecule has 0 spiro atoms. The Bertz CT molecular complexity index is 1610. The first-order chi connectivity index (χ1) is 21.5. The summed E-state index contributed by atoms with van der Waals surface area (Å²) in [5.74, 6) is 0. The SMILES string of the molecule is CCCCC[Si](CCCCC)=[Hf]([CH3])([CH3])([CH]1C=Cc2c(-c3ccccc3)cccc21)[CH]1C=Cc2c(-c3ccccc3)cccc21. The normalized spacial score (nSPS) is 17.1. The van der Waals surface area contributed by atoms with Gasteiger partial charge in [-0.2, -0.15) is 0 Å². The monoisotopic (exact) mass is 762 g/mol. The van der Waals surface area contributed by atoms with E-state index < -0.39 is 22.6 Å². The Hall–Kier alpha value is -2.55. The Balaban J connectivity index is 1.58. The van der Waals surface area contributed by atoms with E-state index in [2.05, 4.69) is 145 Å². The van der Waals surface area contributed by atoms with E-state index >= 15 is 0 Å². The van der Waals surface area contributed by atoms with Gasteiger partial charge in [-0.3, -0.25) is 0 Å². The van der Waals surface area contributed by atoms with Crippen molar-refractivity contribution in [3.63, 3.8) is 0 Å². The fraction of sp³-hybridized carbons (Fsp3) is 0.333. The molecule has 2 heteroatoms. The molecule has 2 aliphatic carbocycles. The van der Waals surface area contributed by atoms with Crippen LogP contribution < -0.4 is 0 Å². The van der Waals surface area contributed by atoms with Crippen LogP contribution in [0.5, 0.6) is 0 Å². The van der Waals surface area contributed by atoms with Gasteiger partial charge in [0.2, 0.25) is 0 Å². The third kappa shape index (κ3) is 5.67. The zero-order valence-corrected chi connectivity index (χ0v) is 32.0. The molecule has 6 rings (SSSR count). The molecule has 0 aromatic heterocycles. The summed E-state index contributed by atoms with van der Waals surface area (Å²) in [5, 5.41) is 0. The van der Waals surface area contributed by atoms with Crippen molar-refractivity contribution in [2.45, 2.75) is 81.2 Å². The summed E-state index contributed by atoms with van der Waals surface area (Å²) in [7, 11) is 0. The van der Waals surface area contributed by atoms with Crippen molar-refractivity contribution in [3.8, 4) is 22.3 Å². The molecule has 44 heavy (non-hydrogen) atoms. The zero-order chi connectivity index (χ0) is 30.6. The van der Waals surface area contributed by atoms with Crippen molar-refractivity contribution in [1.82, 2.24) is 0 Å². The average molecular weight is 761 g/mol. The van der Waals surface area contributed by atoms with E-state index in [1.165, 1.54) is 84.0 Å². The van der Waals surface area contributed by atoms with E-state index in [9.17, 15) is 0 Å². The van der Waals surface area contributed by atoms with E-state index in [1.54, 1.807) is 11.1 Å². The molecule has 0 saturated heterocycles. The van der Waals surface area contributed by atoms with Crippen LogP contribution in [0.4, 0.5) is 0 Å². The molecule has 0 radical (unpaired) electrons. The van der Waals surface area contributed by atoms with Gasteiger partial charge in [0.1, 0.15) is 0 Å². The van der Waals surface area contributed by atoms with Crippen LogP contribution >= 0.6 is 0 Å². The molecule has 0 bridgehead atoms. The number of benzene rings is 4. The van der Waals surface area contributed by atoms with Gasteiger partial charge in [-0.25, -0.2) is 0 Å². The van der Waals surface area contributed by atoms with E-state index in [4.69, 9.17) is 0 Å². The van der Waals surface area contributed by atoms with Gasteiger partial charge in [-0.15, -0.1) is 0 Å². The molecule has 0 aliphatic heterocycles. The molecule has 0 N–H and O–H groups in total. The molecular formula is C42H50HfSi.